The van der Waals surface area contributed by atoms with E-state index in [2.05, 4.69) is 21.2 Å². The summed E-state index contributed by atoms with van der Waals surface area (Å²) < 4.78 is 5.96. The van der Waals surface area contributed by atoms with Gasteiger partial charge in [0.15, 0.2) is 0 Å². The largest absolute Gasteiger partial charge is 0.495 e. The van der Waals surface area contributed by atoms with E-state index in [1.807, 2.05) is 32.0 Å². The Kier molecular flexibility index (Phi) is 6.24. The summed E-state index contributed by atoms with van der Waals surface area (Å²) >= 11 is 9.41. The second-order valence-corrected chi connectivity index (χ2v) is 6.67. The van der Waals surface area contributed by atoms with Crippen LogP contribution in [0.1, 0.15) is 16.7 Å². The van der Waals surface area contributed by atoms with Crippen LogP contribution in [0.3, 0.4) is 0 Å². The Bertz CT molecular complexity index is 901. The summed E-state index contributed by atoms with van der Waals surface area (Å²) in [7, 11) is 1.51. The monoisotopic (exact) mass is 418 g/mol. The third-order valence-corrected chi connectivity index (χ3v) is 4.57. The summed E-state index contributed by atoms with van der Waals surface area (Å²) in [6.07, 6.45) is 1.45. The topological polar surface area (TPSA) is 62.1 Å². The highest BCUT2D eigenvalue weighted by Gasteiger charge is 2.14. The lowest BCUT2D eigenvalue weighted by molar-refractivity contribution is -0.112. The highest BCUT2D eigenvalue weighted by Crippen LogP contribution is 2.34. The van der Waals surface area contributed by atoms with Crippen LogP contribution >= 0.6 is 27.5 Å². The minimum Gasteiger partial charge on any atom is -0.495 e. The Balaban J connectivity index is 2.40. The minimum absolute atomic E-state index is 0.0478. The number of carbonyl (C=O) groups is 1. The molecule has 0 aliphatic carbocycles. The molecule has 4 nitrogen and oxygen atoms in total. The summed E-state index contributed by atoms with van der Waals surface area (Å²) in [5.41, 5.74) is 3.17. The van der Waals surface area contributed by atoms with Crippen LogP contribution in [-0.4, -0.2) is 13.0 Å². The van der Waals surface area contributed by atoms with Gasteiger partial charge in [0, 0.05) is 16.3 Å². The van der Waals surface area contributed by atoms with Gasteiger partial charge in [-0.3, -0.25) is 4.79 Å². The van der Waals surface area contributed by atoms with Crippen molar-refractivity contribution in [2.75, 3.05) is 12.4 Å². The van der Waals surface area contributed by atoms with Crippen molar-refractivity contribution in [3.05, 3.63) is 62.1 Å². The lowest BCUT2D eigenvalue weighted by Gasteiger charge is -2.11. The summed E-state index contributed by atoms with van der Waals surface area (Å²) in [5, 5.41) is 12.6. The van der Waals surface area contributed by atoms with E-state index in [-0.39, 0.29) is 5.57 Å². The van der Waals surface area contributed by atoms with Gasteiger partial charge in [-0.1, -0.05) is 23.7 Å². The first kappa shape index (κ1) is 19.0. The molecule has 0 heterocycles. The molecule has 2 aromatic rings. The molecule has 1 amide bonds. The lowest BCUT2D eigenvalue weighted by atomic mass is 10.1. The SMILES string of the molecule is COc1c(Br)cc(Cl)cc1/C=C(\C#N)C(=O)Nc1cccc(C)c1C. The van der Waals surface area contributed by atoms with Crippen LogP contribution in [0, 0.1) is 25.2 Å². The third-order valence-electron chi connectivity index (χ3n) is 3.76. The van der Waals surface area contributed by atoms with Crippen LogP contribution < -0.4 is 10.1 Å². The van der Waals surface area contributed by atoms with Crippen molar-refractivity contribution in [3.63, 3.8) is 0 Å². The smallest absolute Gasteiger partial charge is 0.266 e. The molecule has 6 heteroatoms. The molecule has 1 N–H and O–H groups in total. The number of benzene rings is 2. The number of ether oxygens (including phenoxy) is 1. The van der Waals surface area contributed by atoms with Crippen LogP contribution in [0.4, 0.5) is 5.69 Å². The van der Waals surface area contributed by atoms with Gasteiger partial charge in [-0.25, -0.2) is 0 Å². The van der Waals surface area contributed by atoms with Gasteiger partial charge in [0.25, 0.3) is 5.91 Å². The molecular formula is C19H16BrClN2O2. The van der Waals surface area contributed by atoms with Crippen LogP contribution in [0.25, 0.3) is 6.08 Å². The quantitative estimate of drug-likeness (QED) is 0.542. The van der Waals surface area contributed by atoms with Crippen molar-refractivity contribution in [1.29, 1.82) is 5.26 Å². The average Bonchev–Trinajstić information content (AvgIpc) is 2.56. The molecule has 0 spiro atoms. The Labute approximate surface area is 160 Å². The number of carbonyl (C=O) groups excluding carboxylic acids is 1. The number of rotatable bonds is 4. The van der Waals surface area contributed by atoms with Crippen LogP contribution in [-0.2, 0) is 4.79 Å². The van der Waals surface area contributed by atoms with Gasteiger partial charge in [-0.15, -0.1) is 0 Å². The maximum atomic E-state index is 12.5. The molecule has 0 atom stereocenters. The van der Waals surface area contributed by atoms with E-state index in [9.17, 15) is 10.1 Å². The van der Waals surface area contributed by atoms with Gasteiger partial charge in [0.05, 0.1) is 11.6 Å². The molecular weight excluding hydrogens is 404 g/mol. The van der Waals surface area contributed by atoms with E-state index < -0.39 is 5.91 Å². The Hall–Kier alpha value is -2.29. The van der Waals surface area contributed by atoms with Crippen molar-refractivity contribution in [2.45, 2.75) is 13.8 Å². The van der Waals surface area contributed by atoms with Gasteiger partial charge in [-0.05, 0) is 65.2 Å². The number of nitriles is 1. The van der Waals surface area contributed by atoms with Gasteiger partial charge in [-0.2, -0.15) is 5.26 Å². The van der Waals surface area contributed by atoms with E-state index >= 15 is 0 Å². The predicted molar refractivity (Wildman–Crippen MR) is 104 cm³/mol. The Morgan fingerprint density at radius 3 is 2.72 bits per heavy atom. The average molecular weight is 420 g/mol. The van der Waals surface area contributed by atoms with Gasteiger partial charge >= 0.3 is 0 Å². The summed E-state index contributed by atoms with van der Waals surface area (Å²) in [5.74, 6) is 0.00559. The normalized spacial score (nSPS) is 11.0. The number of nitrogens with one attached hydrogen (secondary N) is 1. The highest BCUT2D eigenvalue weighted by atomic mass is 79.9. The predicted octanol–water partition coefficient (Wildman–Crippen LogP) is 5.27. The maximum absolute atomic E-state index is 12.5. The number of halogens is 2. The zero-order valence-corrected chi connectivity index (χ0v) is 16.3. The minimum atomic E-state index is -0.491. The molecule has 128 valence electrons. The van der Waals surface area contributed by atoms with E-state index in [0.717, 1.165) is 11.1 Å². The highest BCUT2D eigenvalue weighted by molar-refractivity contribution is 9.10. The van der Waals surface area contributed by atoms with Crippen molar-refractivity contribution in [2.24, 2.45) is 0 Å². The van der Waals surface area contributed by atoms with Crippen LogP contribution in [0.15, 0.2) is 40.4 Å². The van der Waals surface area contributed by atoms with Gasteiger partial charge in [0.2, 0.25) is 0 Å². The fourth-order valence-electron chi connectivity index (χ4n) is 2.28. The van der Waals surface area contributed by atoms with E-state index in [4.69, 9.17) is 16.3 Å². The zero-order chi connectivity index (χ0) is 18.6. The first-order valence-corrected chi connectivity index (χ1v) is 8.57. The summed E-state index contributed by atoms with van der Waals surface area (Å²) in [6, 6.07) is 10.9. The van der Waals surface area contributed by atoms with Gasteiger partial charge in [0.1, 0.15) is 17.4 Å². The number of hydrogen-bond donors (Lipinski definition) is 1. The molecule has 0 radical (unpaired) electrons. The molecule has 2 aromatic carbocycles. The Morgan fingerprint density at radius 2 is 2.08 bits per heavy atom. The standard InChI is InChI=1S/C19H16BrClN2O2/c1-11-5-4-6-17(12(11)2)23-19(24)14(10-22)7-13-8-15(21)9-16(20)18(13)25-3/h4-9H,1-3H3,(H,23,24)/b14-7+. The zero-order valence-electron chi connectivity index (χ0n) is 14.0. The second-order valence-electron chi connectivity index (χ2n) is 5.38. The second kappa shape index (κ2) is 8.19. The Morgan fingerprint density at radius 1 is 1.36 bits per heavy atom. The first-order valence-electron chi connectivity index (χ1n) is 7.39. The molecule has 0 aromatic heterocycles. The summed E-state index contributed by atoms with van der Waals surface area (Å²) in [6.45, 7) is 3.87. The number of aryl methyl sites for hydroxylation is 1. The lowest BCUT2D eigenvalue weighted by Crippen LogP contribution is -2.14. The van der Waals surface area contributed by atoms with Crippen molar-refractivity contribution < 1.29 is 9.53 Å². The first-order chi connectivity index (χ1) is 11.9. The number of methoxy groups -OCH3 is 1. The molecule has 0 saturated heterocycles. The van der Waals surface area contributed by atoms with Crippen LogP contribution in [0.5, 0.6) is 5.75 Å². The number of nitrogens with zero attached hydrogens (tertiary/aromatic N) is 1. The fraction of sp³-hybridized carbons (Fsp3) is 0.158. The van der Waals surface area contributed by atoms with E-state index in [0.29, 0.717) is 26.5 Å². The van der Waals surface area contributed by atoms with Gasteiger partial charge < -0.3 is 10.1 Å². The molecule has 0 unspecified atom stereocenters. The van der Waals surface area contributed by atoms with Crippen molar-refractivity contribution in [1.82, 2.24) is 0 Å². The molecule has 0 aliphatic heterocycles. The number of amides is 1. The molecule has 0 aliphatic rings. The maximum Gasteiger partial charge on any atom is 0.266 e. The molecule has 0 saturated carbocycles. The number of anilines is 1. The van der Waals surface area contributed by atoms with E-state index in [1.165, 1.54) is 13.2 Å². The fourth-order valence-corrected chi connectivity index (χ4v) is 3.28. The number of hydrogen-bond acceptors (Lipinski definition) is 3. The molecule has 0 bridgehead atoms. The van der Waals surface area contributed by atoms with Crippen molar-refractivity contribution >= 4 is 45.2 Å². The molecule has 25 heavy (non-hydrogen) atoms. The third kappa shape index (κ3) is 4.41. The summed E-state index contributed by atoms with van der Waals surface area (Å²) in [4.78, 5) is 12.5. The van der Waals surface area contributed by atoms with E-state index in [1.54, 1.807) is 18.2 Å². The molecule has 0 fully saturated rings. The molecule has 2 rings (SSSR count). The van der Waals surface area contributed by atoms with Crippen LogP contribution in [0.2, 0.25) is 5.02 Å². The van der Waals surface area contributed by atoms with Crippen molar-refractivity contribution in [3.8, 4) is 11.8 Å².